The van der Waals surface area contributed by atoms with Crippen molar-refractivity contribution >= 4 is 17.6 Å². The van der Waals surface area contributed by atoms with Gasteiger partial charge in [-0.25, -0.2) is 0 Å². The lowest BCUT2D eigenvalue weighted by Crippen LogP contribution is -2.52. The highest BCUT2D eigenvalue weighted by Gasteiger charge is 2.48. The van der Waals surface area contributed by atoms with Crippen molar-refractivity contribution in [3.63, 3.8) is 0 Å². The Morgan fingerprint density at radius 1 is 0.811 bits per heavy atom. The van der Waals surface area contributed by atoms with Gasteiger partial charge < -0.3 is 21.7 Å². The van der Waals surface area contributed by atoms with Crippen LogP contribution in [0.15, 0.2) is 0 Å². The molecule has 2 aliphatic heterocycles. The summed E-state index contributed by atoms with van der Waals surface area (Å²) in [5, 5.41) is 11.5. The molecule has 3 aliphatic carbocycles. The van der Waals surface area contributed by atoms with Crippen molar-refractivity contribution in [3.05, 3.63) is 0 Å². The second kappa shape index (κ2) is 12.0. The van der Waals surface area contributed by atoms with E-state index in [-0.39, 0.29) is 29.7 Å². The predicted molar refractivity (Wildman–Crippen MR) is 146 cm³/mol. The number of primary amides is 1. The van der Waals surface area contributed by atoms with Gasteiger partial charge in [-0.2, -0.15) is 0 Å². The van der Waals surface area contributed by atoms with E-state index in [4.69, 9.17) is 16.9 Å². The summed E-state index contributed by atoms with van der Waals surface area (Å²) in [4.78, 5) is 30.6. The summed E-state index contributed by atoms with van der Waals surface area (Å²) in [7, 11) is 0. The van der Waals surface area contributed by atoms with Crippen LogP contribution in [0.4, 0.5) is 0 Å². The fourth-order valence-electron chi connectivity index (χ4n) is 8.44. The average molecular weight is 515 g/mol. The lowest BCUT2D eigenvalue weighted by molar-refractivity contribution is -0.127. The second-order valence-corrected chi connectivity index (χ2v) is 13.0. The van der Waals surface area contributed by atoms with Gasteiger partial charge in [-0.1, -0.05) is 6.42 Å². The number of likely N-dealkylation sites (tertiary alicyclic amines) is 2. The normalized spacial score (nSPS) is 39.6. The molecule has 5 rings (SSSR count). The molecule has 0 radical (unpaired) electrons. The first-order chi connectivity index (χ1) is 17.9. The summed E-state index contributed by atoms with van der Waals surface area (Å²) in [5.41, 5.74) is 11.5. The Morgan fingerprint density at radius 2 is 1.49 bits per heavy atom. The van der Waals surface area contributed by atoms with Crippen LogP contribution in [-0.2, 0) is 9.59 Å². The topological polar surface area (TPSA) is 129 Å². The number of nitrogens with zero attached hydrogens (tertiary/aromatic N) is 2. The Morgan fingerprint density at radius 3 is 2.14 bits per heavy atom. The van der Waals surface area contributed by atoms with E-state index < -0.39 is 0 Å². The van der Waals surface area contributed by atoms with Gasteiger partial charge in [0, 0.05) is 36.5 Å². The molecule has 4 unspecified atom stereocenters. The molecular weight excluding hydrogens is 464 g/mol. The minimum Gasteiger partial charge on any atom is -0.387 e. The largest absolute Gasteiger partial charge is 0.387 e. The molecule has 2 amide bonds. The van der Waals surface area contributed by atoms with E-state index >= 15 is 0 Å². The number of carbonyl (C=O) groups is 2. The molecule has 6 N–H and O–H groups in total. The van der Waals surface area contributed by atoms with E-state index in [2.05, 4.69) is 15.1 Å². The Labute approximate surface area is 223 Å². The van der Waals surface area contributed by atoms with Crippen molar-refractivity contribution < 1.29 is 9.59 Å². The number of amides is 2. The van der Waals surface area contributed by atoms with Gasteiger partial charge in [0.2, 0.25) is 11.8 Å². The smallest absolute Gasteiger partial charge is 0.237 e. The van der Waals surface area contributed by atoms with Crippen LogP contribution in [0.25, 0.3) is 0 Å². The lowest BCUT2D eigenvalue weighted by Gasteiger charge is -2.40. The van der Waals surface area contributed by atoms with Gasteiger partial charge in [-0.3, -0.25) is 19.9 Å². The van der Waals surface area contributed by atoms with Crippen molar-refractivity contribution in [2.45, 2.75) is 120 Å². The summed E-state index contributed by atoms with van der Waals surface area (Å²) in [6.45, 7) is 3.42. The van der Waals surface area contributed by atoms with Crippen molar-refractivity contribution in [1.29, 1.82) is 5.41 Å². The number of nitrogens with one attached hydrogen (secondary N) is 2. The molecular formula is C29H50N6O2. The van der Waals surface area contributed by atoms with Crippen LogP contribution in [0.2, 0.25) is 0 Å². The van der Waals surface area contributed by atoms with E-state index in [1.165, 1.54) is 45.2 Å². The molecule has 37 heavy (non-hydrogen) atoms. The minimum atomic E-state index is -0.163. The van der Waals surface area contributed by atoms with E-state index in [1.54, 1.807) is 0 Å². The zero-order chi connectivity index (χ0) is 25.9. The summed E-state index contributed by atoms with van der Waals surface area (Å²) < 4.78 is 0. The van der Waals surface area contributed by atoms with E-state index in [0.29, 0.717) is 35.8 Å². The van der Waals surface area contributed by atoms with Crippen molar-refractivity contribution in [1.82, 2.24) is 15.1 Å². The summed E-state index contributed by atoms with van der Waals surface area (Å²) in [5.74, 6) is 1.54. The molecule has 2 saturated heterocycles. The number of fused-ring (bicyclic) bond motifs is 1. The lowest BCUT2D eigenvalue weighted by atomic mass is 9.77. The Balaban J connectivity index is 1.20. The van der Waals surface area contributed by atoms with E-state index in [9.17, 15) is 9.59 Å². The molecule has 0 spiro atoms. The minimum absolute atomic E-state index is 0.0125. The number of hydrogen-bond donors (Lipinski definition) is 4. The molecule has 0 bridgehead atoms. The third-order valence-electron chi connectivity index (χ3n) is 10.7. The van der Waals surface area contributed by atoms with Gasteiger partial charge in [-0.15, -0.1) is 0 Å². The third-order valence-corrected chi connectivity index (χ3v) is 10.7. The van der Waals surface area contributed by atoms with Crippen LogP contribution in [-0.4, -0.2) is 71.3 Å². The molecule has 4 atom stereocenters. The first-order valence-electron chi connectivity index (χ1n) is 15.3. The number of nitrogens with two attached hydrogens (primary N) is 2. The van der Waals surface area contributed by atoms with E-state index in [1.807, 2.05) is 0 Å². The molecule has 3 saturated carbocycles. The fourth-order valence-corrected chi connectivity index (χ4v) is 8.44. The SMILES string of the molecule is N=C(N)C1CCC2CC(C(=O)NC3CCC(N4CCCCC4)CC3)N(CC3CCC(C(N)=O)CC3)C2C1. The van der Waals surface area contributed by atoms with Gasteiger partial charge >= 0.3 is 0 Å². The van der Waals surface area contributed by atoms with Gasteiger partial charge in [0.15, 0.2) is 0 Å². The van der Waals surface area contributed by atoms with Crippen LogP contribution in [0, 0.1) is 29.1 Å². The van der Waals surface area contributed by atoms with Crippen molar-refractivity contribution in [3.8, 4) is 0 Å². The molecule has 0 aromatic carbocycles. The zero-order valence-electron chi connectivity index (χ0n) is 22.7. The van der Waals surface area contributed by atoms with E-state index in [0.717, 1.165) is 70.8 Å². The highest BCUT2D eigenvalue weighted by atomic mass is 16.2. The average Bonchev–Trinajstić information content (AvgIpc) is 3.27. The summed E-state index contributed by atoms with van der Waals surface area (Å²) in [6, 6.07) is 1.27. The van der Waals surface area contributed by atoms with Gasteiger partial charge in [0.25, 0.3) is 0 Å². The molecule has 5 fully saturated rings. The maximum Gasteiger partial charge on any atom is 0.237 e. The Kier molecular flexibility index (Phi) is 8.74. The van der Waals surface area contributed by atoms with Gasteiger partial charge in [0.1, 0.15) is 0 Å². The number of amidine groups is 1. The van der Waals surface area contributed by atoms with Crippen LogP contribution < -0.4 is 16.8 Å². The molecule has 5 aliphatic rings. The Hall–Kier alpha value is -1.67. The van der Waals surface area contributed by atoms with Crippen LogP contribution in [0.5, 0.6) is 0 Å². The first kappa shape index (κ1) is 26.9. The Bertz CT molecular complexity index is 813. The number of piperidine rings is 1. The highest BCUT2D eigenvalue weighted by Crippen LogP contribution is 2.43. The number of rotatable bonds is 7. The zero-order valence-corrected chi connectivity index (χ0v) is 22.7. The van der Waals surface area contributed by atoms with Crippen LogP contribution >= 0.6 is 0 Å². The fraction of sp³-hybridized carbons (Fsp3) is 0.897. The molecule has 0 aromatic rings. The van der Waals surface area contributed by atoms with Gasteiger partial charge in [-0.05, 0) is 115 Å². The van der Waals surface area contributed by atoms with Crippen LogP contribution in [0.3, 0.4) is 0 Å². The standard InChI is InChI=1S/C29H50N6O2/c30-27(31)22-9-8-21-16-26(35(25(21)17-22)18-19-4-6-20(7-5-19)28(32)36)29(37)33-23-10-12-24(13-11-23)34-14-2-1-3-15-34/h19-26H,1-18H2,(H3,30,31)(H2,32,36)(H,33,37). The van der Waals surface area contributed by atoms with Crippen molar-refractivity contribution in [2.75, 3.05) is 19.6 Å². The van der Waals surface area contributed by atoms with Gasteiger partial charge in [0.05, 0.1) is 11.9 Å². The maximum absolute atomic E-state index is 13.8. The maximum atomic E-state index is 13.8. The predicted octanol–water partition coefficient (Wildman–Crippen LogP) is 2.99. The molecule has 2 heterocycles. The first-order valence-corrected chi connectivity index (χ1v) is 15.3. The second-order valence-electron chi connectivity index (χ2n) is 13.0. The monoisotopic (exact) mass is 514 g/mol. The molecule has 0 aromatic heterocycles. The summed E-state index contributed by atoms with van der Waals surface area (Å²) in [6.07, 6.45) is 16.3. The highest BCUT2D eigenvalue weighted by molar-refractivity contribution is 5.83. The van der Waals surface area contributed by atoms with Crippen molar-refractivity contribution in [2.24, 2.45) is 35.1 Å². The quantitative estimate of drug-likeness (QED) is 0.307. The number of carbonyl (C=O) groups excluding carboxylic acids is 2. The molecule has 8 heteroatoms. The molecule has 8 nitrogen and oxygen atoms in total. The molecule has 208 valence electrons. The third kappa shape index (κ3) is 6.32. The summed E-state index contributed by atoms with van der Waals surface area (Å²) >= 11 is 0. The van der Waals surface area contributed by atoms with Crippen LogP contribution in [0.1, 0.15) is 96.3 Å². The number of hydrogen-bond acceptors (Lipinski definition) is 5.